The van der Waals surface area contributed by atoms with Crippen LogP contribution < -0.4 is 20.3 Å². The Morgan fingerprint density at radius 2 is 1.67 bits per heavy atom. The minimum atomic E-state index is -1.21. The van der Waals surface area contributed by atoms with Crippen molar-refractivity contribution in [3.63, 3.8) is 0 Å². The third kappa shape index (κ3) is 6.07. The van der Waals surface area contributed by atoms with Crippen LogP contribution in [-0.2, 0) is 9.53 Å². The average molecular weight is 499 g/mol. The Balaban J connectivity index is 1.23. The Morgan fingerprint density at radius 1 is 1.00 bits per heavy atom. The lowest BCUT2D eigenvalue weighted by Crippen LogP contribution is -2.50. The van der Waals surface area contributed by atoms with E-state index >= 15 is 0 Å². The fraction of sp³-hybridized carbons (Fsp3) is 0.462. The molecule has 2 aromatic rings. The number of carbonyl (C=O) groups is 2. The van der Waals surface area contributed by atoms with Gasteiger partial charge in [0.2, 0.25) is 5.91 Å². The fourth-order valence-corrected chi connectivity index (χ4v) is 4.56. The molecule has 10 nitrogen and oxygen atoms in total. The molecule has 2 heterocycles. The van der Waals surface area contributed by atoms with E-state index in [2.05, 4.69) is 15.5 Å². The molecule has 4 N–H and O–H groups in total. The number of hydrogen-bond donors (Lipinski definition) is 4. The summed E-state index contributed by atoms with van der Waals surface area (Å²) in [6.45, 7) is 4.34. The van der Waals surface area contributed by atoms with Gasteiger partial charge < -0.3 is 40.1 Å². The lowest BCUT2D eigenvalue weighted by Gasteiger charge is -2.37. The van der Waals surface area contributed by atoms with E-state index in [1.165, 1.54) is 0 Å². The number of anilines is 2. The first-order valence-electron chi connectivity index (χ1n) is 12.1. The number of amides is 3. The van der Waals surface area contributed by atoms with Crippen LogP contribution in [0.25, 0.3) is 0 Å². The molecule has 0 unspecified atom stereocenters. The van der Waals surface area contributed by atoms with Gasteiger partial charge in [-0.05, 0) is 31.2 Å². The topological polar surface area (TPSA) is 124 Å². The zero-order valence-corrected chi connectivity index (χ0v) is 20.6. The number of aryl methyl sites for hydroxylation is 1. The molecule has 2 aromatic carbocycles. The second-order valence-electron chi connectivity index (χ2n) is 9.14. The maximum absolute atomic E-state index is 12.9. The van der Waals surface area contributed by atoms with E-state index in [4.69, 9.17) is 9.47 Å². The lowest BCUT2D eigenvalue weighted by molar-refractivity contribution is -0.135. The van der Waals surface area contributed by atoms with Crippen molar-refractivity contribution in [1.82, 2.24) is 10.2 Å². The van der Waals surface area contributed by atoms with Gasteiger partial charge in [0, 0.05) is 38.4 Å². The Kier molecular flexibility index (Phi) is 8.29. The van der Waals surface area contributed by atoms with Crippen LogP contribution in [0.15, 0.2) is 48.5 Å². The SMILES string of the molecule is COc1ccccc1N1CCN(C(=O)C[C@@H]2O[C@H](CNC(=O)Nc3ccc(C)cc3)[C@@H](O)[C@H]2O)CC1. The molecule has 3 amide bonds. The van der Waals surface area contributed by atoms with E-state index in [1.807, 2.05) is 43.3 Å². The van der Waals surface area contributed by atoms with Gasteiger partial charge in [0.15, 0.2) is 0 Å². The molecule has 0 saturated carbocycles. The molecular weight excluding hydrogens is 464 g/mol. The molecule has 2 fully saturated rings. The zero-order valence-electron chi connectivity index (χ0n) is 20.6. The standard InChI is InChI=1S/C26H34N4O6/c1-17-7-9-18(10-8-17)28-26(34)27-16-22-25(33)24(32)21(36-22)15-23(31)30-13-11-29(12-14-30)19-5-3-4-6-20(19)35-2/h3-10,21-22,24-25,32-33H,11-16H2,1-2H3,(H2,27,28,34)/t21-,22+,24-,25+/m0/s1. The summed E-state index contributed by atoms with van der Waals surface area (Å²) in [4.78, 5) is 29.0. The predicted molar refractivity (Wildman–Crippen MR) is 135 cm³/mol. The maximum atomic E-state index is 12.9. The first kappa shape index (κ1) is 25.7. The summed E-state index contributed by atoms with van der Waals surface area (Å²) in [5.41, 5.74) is 2.71. The minimum Gasteiger partial charge on any atom is -0.495 e. The van der Waals surface area contributed by atoms with Crippen LogP contribution in [0.4, 0.5) is 16.2 Å². The van der Waals surface area contributed by atoms with Gasteiger partial charge in [0.05, 0.1) is 25.3 Å². The molecule has 0 aromatic heterocycles. The quantitative estimate of drug-likeness (QED) is 0.454. The summed E-state index contributed by atoms with van der Waals surface area (Å²) < 4.78 is 11.2. The number of nitrogens with zero attached hydrogens (tertiary/aromatic N) is 2. The molecule has 4 rings (SSSR count). The highest BCUT2D eigenvalue weighted by Gasteiger charge is 2.44. The number of carbonyl (C=O) groups excluding carboxylic acids is 2. The molecule has 194 valence electrons. The Hall–Kier alpha value is -3.34. The first-order valence-corrected chi connectivity index (χ1v) is 12.1. The molecule has 0 spiro atoms. The smallest absolute Gasteiger partial charge is 0.319 e. The number of para-hydroxylation sites is 2. The van der Waals surface area contributed by atoms with Crippen molar-refractivity contribution in [2.45, 2.75) is 37.8 Å². The molecular formula is C26H34N4O6. The van der Waals surface area contributed by atoms with Crippen LogP contribution in [0.1, 0.15) is 12.0 Å². The average Bonchev–Trinajstić information content (AvgIpc) is 3.16. The molecule has 36 heavy (non-hydrogen) atoms. The van der Waals surface area contributed by atoms with Crippen molar-refractivity contribution >= 4 is 23.3 Å². The summed E-state index contributed by atoms with van der Waals surface area (Å²) in [6, 6.07) is 14.7. The van der Waals surface area contributed by atoms with Gasteiger partial charge in [0.1, 0.15) is 24.1 Å². The molecule has 4 atom stereocenters. The number of aliphatic hydroxyl groups excluding tert-OH is 2. The second kappa shape index (κ2) is 11.6. The van der Waals surface area contributed by atoms with E-state index in [1.54, 1.807) is 24.1 Å². The highest BCUT2D eigenvalue weighted by Crippen LogP contribution is 2.29. The highest BCUT2D eigenvalue weighted by molar-refractivity contribution is 5.89. The number of ether oxygens (including phenoxy) is 2. The summed E-state index contributed by atoms with van der Waals surface area (Å²) in [5.74, 6) is 0.651. The van der Waals surface area contributed by atoms with Crippen LogP contribution in [-0.4, -0.2) is 91.3 Å². The van der Waals surface area contributed by atoms with Gasteiger partial charge in [-0.15, -0.1) is 0 Å². The van der Waals surface area contributed by atoms with Crippen molar-refractivity contribution in [3.05, 3.63) is 54.1 Å². The van der Waals surface area contributed by atoms with E-state index in [-0.39, 0.29) is 18.9 Å². The van der Waals surface area contributed by atoms with Crippen molar-refractivity contribution in [3.8, 4) is 5.75 Å². The number of hydrogen-bond acceptors (Lipinski definition) is 7. The Bertz CT molecular complexity index is 1040. The van der Waals surface area contributed by atoms with Gasteiger partial charge >= 0.3 is 6.03 Å². The second-order valence-corrected chi connectivity index (χ2v) is 9.14. The summed E-state index contributed by atoms with van der Waals surface area (Å²) in [7, 11) is 1.64. The Morgan fingerprint density at radius 3 is 2.36 bits per heavy atom. The van der Waals surface area contributed by atoms with Crippen LogP contribution in [0, 0.1) is 6.92 Å². The van der Waals surface area contributed by atoms with E-state index < -0.39 is 30.4 Å². The molecule has 10 heteroatoms. The summed E-state index contributed by atoms with van der Waals surface area (Å²) >= 11 is 0. The number of urea groups is 1. The Labute approximate surface area is 210 Å². The minimum absolute atomic E-state index is 0.00179. The van der Waals surface area contributed by atoms with Crippen molar-refractivity contribution in [2.75, 3.05) is 50.1 Å². The van der Waals surface area contributed by atoms with Crippen LogP contribution >= 0.6 is 0 Å². The molecule has 2 aliphatic heterocycles. The normalized spacial score (nSPS) is 23.9. The van der Waals surface area contributed by atoms with Crippen molar-refractivity contribution in [2.24, 2.45) is 0 Å². The zero-order chi connectivity index (χ0) is 25.7. The number of rotatable bonds is 7. The van der Waals surface area contributed by atoms with Crippen LogP contribution in [0.5, 0.6) is 5.75 Å². The van der Waals surface area contributed by atoms with E-state index in [0.717, 1.165) is 17.0 Å². The first-order chi connectivity index (χ1) is 17.4. The number of methoxy groups -OCH3 is 1. The molecule has 0 radical (unpaired) electrons. The van der Waals surface area contributed by atoms with E-state index in [9.17, 15) is 19.8 Å². The number of benzene rings is 2. The van der Waals surface area contributed by atoms with Gasteiger partial charge in [-0.1, -0.05) is 29.8 Å². The third-order valence-corrected chi connectivity index (χ3v) is 6.67. The van der Waals surface area contributed by atoms with Gasteiger partial charge in [-0.25, -0.2) is 4.79 Å². The molecule has 2 saturated heterocycles. The predicted octanol–water partition coefficient (Wildman–Crippen LogP) is 1.35. The third-order valence-electron chi connectivity index (χ3n) is 6.67. The number of aliphatic hydroxyl groups is 2. The van der Waals surface area contributed by atoms with Crippen molar-refractivity contribution in [1.29, 1.82) is 0 Å². The number of nitrogens with one attached hydrogen (secondary N) is 2. The lowest BCUT2D eigenvalue weighted by atomic mass is 10.0. The largest absolute Gasteiger partial charge is 0.495 e. The van der Waals surface area contributed by atoms with Crippen LogP contribution in [0.2, 0.25) is 0 Å². The van der Waals surface area contributed by atoms with E-state index in [0.29, 0.717) is 31.9 Å². The number of piperazine rings is 1. The summed E-state index contributed by atoms with van der Waals surface area (Å²) in [6.07, 6.45) is -4.12. The molecule has 0 bridgehead atoms. The van der Waals surface area contributed by atoms with Crippen molar-refractivity contribution < 1.29 is 29.3 Å². The fourth-order valence-electron chi connectivity index (χ4n) is 4.56. The van der Waals surface area contributed by atoms with Crippen LogP contribution in [0.3, 0.4) is 0 Å². The van der Waals surface area contributed by atoms with Gasteiger partial charge in [0.25, 0.3) is 0 Å². The van der Waals surface area contributed by atoms with Gasteiger partial charge in [-0.2, -0.15) is 0 Å². The monoisotopic (exact) mass is 498 g/mol. The summed E-state index contributed by atoms with van der Waals surface area (Å²) in [5, 5.41) is 26.2. The maximum Gasteiger partial charge on any atom is 0.319 e. The molecule has 0 aliphatic carbocycles. The van der Waals surface area contributed by atoms with Gasteiger partial charge in [-0.3, -0.25) is 4.79 Å². The molecule has 2 aliphatic rings. The highest BCUT2D eigenvalue weighted by atomic mass is 16.5.